The zero-order chi connectivity index (χ0) is 18.7. The van der Waals surface area contributed by atoms with Crippen molar-refractivity contribution in [2.24, 2.45) is 0 Å². The summed E-state index contributed by atoms with van der Waals surface area (Å²) in [5.74, 6) is 0.466. The Balaban J connectivity index is 2.14. The van der Waals surface area contributed by atoms with Crippen LogP contribution in [0.1, 0.15) is 25.8 Å². The number of hydrogen-bond acceptors (Lipinski definition) is 5. The van der Waals surface area contributed by atoms with Crippen LogP contribution in [0.25, 0.3) is 11.5 Å². The fraction of sp³-hybridized carbons (Fsp3) is 0.250. The molecule has 1 atom stereocenters. The lowest BCUT2D eigenvalue weighted by atomic mass is 10.1. The highest BCUT2D eigenvalue weighted by Gasteiger charge is 2.29. The van der Waals surface area contributed by atoms with Crippen LogP contribution in [-0.2, 0) is 9.84 Å². The molecule has 1 unspecified atom stereocenters. The Morgan fingerprint density at radius 2 is 1.85 bits per heavy atom. The maximum Gasteiger partial charge on any atom is 0.234 e. The van der Waals surface area contributed by atoms with E-state index in [4.69, 9.17) is 4.42 Å². The Morgan fingerprint density at radius 1 is 1.12 bits per heavy atom. The molecule has 3 aromatic rings. The minimum Gasteiger partial charge on any atom is -0.419 e. The molecular formula is C20H22N2O3S. The summed E-state index contributed by atoms with van der Waals surface area (Å²) in [5, 5.41) is 3.05. The van der Waals surface area contributed by atoms with Crippen LogP contribution >= 0.6 is 0 Å². The Bertz CT molecular complexity index is 995. The highest BCUT2D eigenvalue weighted by Crippen LogP contribution is 2.33. The molecule has 0 saturated carbocycles. The molecule has 6 heteroatoms. The van der Waals surface area contributed by atoms with E-state index in [1.165, 1.54) is 0 Å². The van der Waals surface area contributed by atoms with Crippen LogP contribution in [0.3, 0.4) is 0 Å². The average Bonchev–Trinajstić information content (AvgIpc) is 3.07. The van der Waals surface area contributed by atoms with Crippen molar-refractivity contribution in [2.45, 2.75) is 43.2 Å². The smallest absolute Gasteiger partial charge is 0.234 e. The summed E-state index contributed by atoms with van der Waals surface area (Å²) in [6.45, 7) is 5.95. The highest BCUT2D eigenvalue weighted by molar-refractivity contribution is 7.91. The molecule has 0 aliphatic carbocycles. The molecule has 1 heterocycles. The number of anilines is 1. The SMILES string of the molecule is CCC(C)Nc1oc(-c2cccc(C)c2)nc1S(=O)(=O)c1ccccc1. The Morgan fingerprint density at radius 3 is 2.50 bits per heavy atom. The molecule has 0 bridgehead atoms. The molecular weight excluding hydrogens is 348 g/mol. The topological polar surface area (TPSA) is 72.2 Å². The van der Waals surface area contributed by atoms with E-state index in [1.807, 2.05) is 45.0 Å². The summed E-state index contributed by atoms with van der Waals surface area (Å²) >= 11 is 0. The van der Waals surface area contributed by atoms with Gasteiger partial charge in [-0.1, -0.05) is 42.8 Å². The van der Waals surface area contributed by atoms with E-state index >= 15 is 0 Å². The van der Waals surface area contributed by atoms with E-state index in [9.17, 15) is 8.42 Å². The maximum absolute atomic E-state index is 13.1. The van der Waals surface area contributed by atoms with Gasteiger partial charge in [0.05, 0.1) is 4.90 Å². The van der Waals surface area contributed by atoms with Crippen molar-refractivity contribution in [3.8, 4) is 11.5 Å². The van der Waals surface area contributed by atoms with Crippen LogP contribution in [0.4, 0.5) is 5.88 Å². The number of hydrogen-bond donors (Lipinski definition) is 1. The first-order valence-electron chi connectivity index (χ1n) is 8.56. The van der Waals surface area contributed by atoms with Gasteiger partial charge in [-0.3, -0.25) is 0 Å². The second-order valence-corrected chi connectivity index (χ2v) is 8.16. The van der Waals surface area contributed by atoms with Crippen molar-refractivity contribution in [3.05, 3.63) is 60.2 Å². The van der Waals surface area contributed by atoms with Crippen LogP contribution in [0, 0.1) is 6.92 Å². The molecule has 2 aromatic carbocycles. The van der Waals surface area contributed by atoms with Gasteiger partial charge in [0.25, 0.3) is 0 Å². The predicted molar refractivity (Wildman–Crippen MR) is 102 cm³/mol. The molecule has 3 rings (SSSR count). The Kier molecular flexibility index (Phi) is 5.13. The van der Waals surface area contributed by atoms with Crippen LogP contribution in [0.2, 0.25) is 0 Å². The van der Waals surface area contributed by atoms with Gasteiger partial charge < -0.3 is 9.73 Å². The van der Waals surface area contributed by atoms with Crippen LogP contribution in [0.15, 0.2) is 68.9 Å². The third-order valence-corrected chi connectivity index (χ3v) is 5.84. The minimum absolute atomic E-state index is 0.0537. The third-order valence-electron chi connectivity index (χ3n) is 4.16. The van der Waals surface area contributed by atoms with Crippen molar-refractivity contribution in [1.82, 2.24) is 4.98 Å². The minimum atomic E-state index is -3.79. The van der Waals surface area contributed by atoms with Gasteiger partial charge in [0.15, 0.2) is 0 Å². The lowest BCUT2D eigenvalue weighted by Crippen LogP contribution is -2.15. The number of oxazole rings is 1. The molecule has 0 spiro atoms. The summed E-state index contributed by atoms with van der Waals surface area (Å²) in [6, 6.07) is 16.0. The molecule has 5 nitrogen and oxygen atoms in total. The third kappa shape index (κ3) is 3.65. The van der Waals surface area contributed by atoms with Crippen LogP contribution in [-0.4, -0.2) is 19.4 Å². The second-order valence-electron chi connectivity index (χ2n) is 6.29. The first kappa shape index (κ1) is 18.2. The molecule has 0 saturated heterocycles. The number of rotatable bonds is 6. The standard InChI is InChI=1S/C20H22N2O3S/c1-4-15(3)21-19-20(26(23,24)17-11-6-5-7-12-17)22-18(25-19)16-10-8-9-14(2)13-16/h5-13,15,21H,4H2,1-3H3. The molecule has 0 amide bonds. The highest BCUT2D eigenvalue weighted by atomic mass is 32.2. The molecule has 26 heavy (non-hydrogen) atoms. The van der Waals surface area contributed by atoms with E-state index in [2.05, 4.69) is 10.3 Å². The zero-order valence-electron chi connectivity index (χ0n) is 15.1. The molecule has 0 fully saturated rings. The summed E-state index contributed by atoms with van der Waals surface area (Å²) in [5.41, 5.74) is 1.79. The fourth-order valence-electron chi connectivity index (χ4n) is 2.52. The number of aromatic nitrogens is 1. The van der Waals surface area contributed by atoms with Gasteiger partial charge in [0, 0.05) is 11.6 Å². The number of aryl methyl sites for hydroxylation is 1. The van der Waals surface area contributed by atoms with E-state index in [1.54, 1.807) is 30.3 Å². The lowest BCUT2D eigenvalue weighted by molar-refractivity contribution is 0.566. The summed E-state index contributed by atoms with van der Waals surface area (Å²) in [4.78, 5) is 4.53. The van der Waals surface area contributed by atoms with Crippen molar-refractivity contribution in [3.63, 3.8) is 0 Å². The number of sulfone groups is 1. The van der Waals surface area contributed by atoms with Crippen LogP contribution in [0.5, 0.6) is 0 Å². The van der Waals surface area contributed by atoms with E-state index < -0.39 is 9.84 Å². The molecule has 136 valence electrons. The Hall–Kier alpha value is -2.60. The number of nitrogens with one attached hydrogen (secondary N) is 1. The predicted octanol–water partition coefficient (Wildman–Crippen LogP) is 4.69. The summed E-state index contributed by atoms with van der Waals surface area (Å²) < 4.78 is 32.0. The quantitative estimate of drug-likeness (QED) is 0.681. The molecule has 0 aliphatic heterocycles. The molecule has 0 radical (unpaired) electrons. The van der Waals surface area contributed by atoms with Gasteiger partial charge in [-0.2, -0.15) is 4.98 Å². The van der Waals surface area contributed by atoms with Gasteiger partial charge in [-0.15, -0.1) is 0 Å². The van der Waals surface area contributed by atoms with Gasteiger partial charge in [0.2, 0.25) is 26.6 Å². The van der Waals surface area contributed by atoms with Gasteiger partial charge in [0.1, 0.15) is 0 Å². The van der Waals surface area contributed by atoms with E-state index in [0.29, 0.717) is 0 Å². The van der Waals surface area contributed by atoms with Crippen molar-refractivity contribution in [1.29, 1.82) is 0 Å². The van der Waals surface area contributed by atoms with Gasteiger partial charge >= 0.3 is 0 Å². The van der Waals surface area contributed by atoms with Gasteiger partial charge in [-0.05, 0) is 44.5 Å². The largest absolute Gasteiger partial charge is 0.419 e. The maximum atomic E-state index is 13.1. The summed E-state index contributed by atoms with van der Waals surface area (Å²) in [6.07, 6.45) is 0.825. The molecule has 1 aromatic heterocycles. The normalized spacial score (nSPS) is 12.7. The number of benzene rings is 2. The van der Waals surface area contributed by atoms with Gasteiger partial charge in [-0.25, -0.2) is 8.42 Å². The number of nitrogens with zero attached hydrogens (tertiary/aromatic N) is 1. The van der Waals surface area contributed by atoms with Crippen molar-refractivity contribution < 1.29 is 12.8 Å². The fourth-order valence-corrected chi connectivity index (χ4v) is 3.80. The first-order valence-corrected chi connectivity index (χ1v) is 10.0. The monoisotopic (exact) mass is 370 g/mol. The second kappa shape index (κ2) is 7.33. The molecule has 1 N–H and O–H groups in total. The zero-order valence-corrected chi connectivity index (χ0v) is 15.9. The van der Waals surface area contributed by atoms with Crippen LogP contribution < -0.4 is 5.32 Å². The van der Waals surface area contributed by atoms with Crippen molar-refractivity contribution in [2.75, 3.05) is 5.32 Å². The van der Waals surface area contributed by atoms with Crippen molar-refractivity contribution >= 4 is 15.7 Å². The lowest BCUT2D eigenvalue weighted by Gasteiger charge is -2.11. The van der Waals surface area contributed by atoms with E-state index in [-0.39, 0.29) is 27.7 Å². The van der Waals surface area contributed by atoms with E-state index in [0.717, 1.165) is 17.5 Å². The Labute approximate surface area is 154 Å². The molecule has 0 aliphatic rings. The first-order chi connectivity index (χ1) is 12.4. The average molecular weight is 370 g/mol. The summed E-state index contributed by atoms with van der Waals surface area (Å²) in [7, 11) is -3.79.